The fourth-order valence-corrected chi connectivity index (χ4v) is 1.43. The summed E-state index contributed by atoms with van der Waals surface area (Å²) < 4.78 is 18.0. The molecule has 2 aromatic rings. The van der Waals surface area contributed by atoms with Crippen LogP contribution in [0.5, 0.6) is 5.88 Å². The Morgan fingerprint density at radius 3 is 2.79 bits per heavy atom. The summed E-state index contributed by atoms with van der Waals surface area (Å²) in [6.07, 6.45) is 0. The maximum Gasteiger partial charge on any atom is 0.216 e. The molecule has 0 N–H and O–H groups in total. The van der Waals surface area contributed by atoms with Crippen molar-refractivity contribution < 1.29 is 9.13 Å². The molecule has 0 aliphatic heterocycles. The van der Waals surface area contributed by atoms with Gasteiger partial charge in [0, 0.05) is 17.0 Å². The molecule has 0 saturated carbocycles. The van der Waals surface area contributed by atoms with E-state index >= 15 is 0 Å². The van der Waals surface area contributed by atoms with Gasteiger partial charge in [0.05, 0.1) is 12.6 Å². The number of nitrogens with zero attached hydrogens (tertiary/aromatic N) is 1. The van der Waals surface area contributed by atoms with E-state index in [1.165, 1.54) is 12.1 Å². The molecule has 0 bridgehead atoms. The lowest BCUT2D eigenvalue weighted by Gasteiger charge is -2.05. The molecule has 0 aliphatic rings. The third-order valence-corrected chi connectivity index (χ3v) is 2.12. The molecular weight excluding hydrogens is 181 g/mol. The van der Waals surface area contributed by atoms with Crippen molar-refractivity contribution in [3.05, 3.63) is 35.6 Å². The van der Waals surface area contributed by atoms with Crippen molar-refractivity contribution in [3.8, 4) is 5.88 Å². The summed E-state index contributed by atoms with van der Waals surface area (Å²) in [6.45, 7) is 1.91. The van der Waals surface area contributed by atoms with Crippen molar-refractivity contribution in [2.75, 3.05) is 7.11 Å². The average molecular weight is 191 g/mol. The van der Waals surface area contributed by atoms with E-state index in [1.54, 1.807) is 13.2 Å². The summed E-state index contributed by atoms with van der Waals surface area (Å²) >= 11 is 0. The molecular formula is C11H10FNO. The van der Waals surface area contributed by atoms with Gasteiger partial charge in [-0.3, -0.25) is 0 Å². The number of halogens is 1. The lowest BCUT2D eigenvalue weighted by atomic mass is 10.1. The maximum atomic E-state index is 12.9. The zero-order valence-corrected chi connectivity index (χ0v) is 8.04. The quantitative estimate of drug-likeness (QED) is 0.691. The summed E-state index contributed by atoms with van der Waals surface area (Å²) in [6, 6.07) is 6.47. The minimum absolute atomic E-state index is 0.282. The molecule has 0 radical (unpaired) electrons. The van der Waals surface area contributed by atoms with E-state index in [2.05, 4.69) is 4.98 Å². The number of fused-ring (bicyclic) bond motifs is 1. The van der Waals surface area contributed by atoms with Crippen LogP contribution in [0, 0.1) is 12.7 Å². The zero-order chi connectivity index (χ0) is 10.1. The minimum atomic E-state index is -0.282. The molecule has 2 rings (SSSR count). The number of aromatic nitrogens is 1. The van der Waals surface area contributed by atoms with Gasteiger partial charge in [0.25, 0.3) is 0 Å². The molecule has 0 amide bonds. The standard InChI is InChI=1S/C11H10FNO/c1-7-5-8-3-4-9(12)6-10(8)13-11(7)14-2/h3-6H,1-2H3. The van der Waals surface area contributed by atoms with Crippen LogP contribution in [0.25, 0.3) is 10.9 Å². The van der Waals surface area contributed by atoms with Crippen LogP contribution in [0.1, 0.15) is 5.56 Å². The second-order valence-corrected chi connectivity index (χ2v) is 3.15. The molecule has 0 atom stereocenters. The Bertz CT molecular complexity index is 482. The number of ether oxygens (including phenoxy) is 1. The number of aryl methyl sites for hydroxylation is 1. The molecule has 1 aromatic carbocycles. The Balaban J connectivity index is 2.73. The molecule has 72 valence electrons. The molecule has 1 heterocycles. The van der Waals surface area contributed by atoms with Gasteiger partial charge in [0.2, 0.25) is 5.88 Å². The van der Waals surface area contributed by atoms with Crippen LogP contribution in [-0.4, -0.2) is 12.1 Å². The summed E-state index contributed by atoms with van der Waals surface area (Å²) in [5.41, 5.74) is 1.57. The van der Waals surface area contributed by atoms with E-state index < -0.39 is 0 Å². The van der Waals surface area contributed by atoms with Crippen LogP contribution in [0.4, 0.5) is 4.39 Å². The smallest absolute Gasteiger partial charge is 0.216 e. The van der Waals surface area contributed by atoms with Crippen LogP contribution >= 0.6 is 0 Å². The van der Waals surface area contributed by atoms with Gasteiger partial charge in [-0.1, -0.05) is 0 Å². The minimum Gasteiger partial charge on any atom is -0.481 e. The first kappa shape index (κ1) is 8.94. The largest absolute Gasteiger partial charge is 0.481 e. The highest BCUT2D eigenvalue weighted by Crippen LogP contribution is 2.21. The van der Waals surface area contributed by atoms with E-state index in [-0.39, 0.29) is 5.82 Å². The molecule has 3 heteroatoms. The van der Waals surface area contributed by atoms with Gasteiger partial charge in [-0.15, -0.1) is 0 Å². The number of rotatable bonds is 1. The predicted octanol–water partition coefficient (Wildman–Crippen LogP) is 2.69. The van der Waals surface area contributed by atoms with Crippen molar-refractivity contribution in [2.24, 2.45) is 0 Å². The Hall–Kier alpha value is -1.64. The van der Waals surface area contributed by atoms with Gasteiger partial charge < -0.3 is 4.74 Å². The Morgan fingerprint density at radius 2 is 2.07 bits per heavy atom. The first-order valence-corrected chi connectivity index (χ1v) is 4.31. The normalized spacial score (nSPS) is 10.5. The maximum absolute atomic E-state index is 12.9. The SMILES string of the molecule is COc1nc2cc(F)ccc2cc1C. The Labute approximate surface area is 81.3 Å². The van der Waals surface area contributed by atoms with E-state index in [0.29, 0.717) is 11.4 Å². The molecule has 1 aromatic heterocycles. The molecule has 0 unspecified atom stereocenters. The van der Waals surface area contributed by atoms with Gasteiger partial charge in [-0.05, 0) is 25.1 Å². The number of methoxy groups -OCH3 is 1. The topological polar surface area (TPSA) is 22.1 Å². The van der Waals surface area contributed by atoms with Gasteiger partial charge in [0.15, 0.2) is 0 Å². The zero-order valence-electron chi connectivity index (χ0n) is 8.04. The fraction of sp³-hybridized carbons (Fsp3) is 0.182. The van der Waals surface area contributed by atoms with Crippen molar-refractivity contribution in [1.82, 2.24) is 4.98 Å². The van der Waals surface area contributed by atoms with Gasteiger partial charge in [-0.25, -0.2) is 9.37 Å². The van der Waals surface area contributed by atoms with Crippen LogP contribution in [0.15, 0.2) is 24.3 Å². The van der Waals surface area contributed by atoms with Gasteiger partial charge in [-0.2, -0.15) is 0 Å². The summed E-state index contributed by atoms with van der Waals surface area (Å²) in [5.74, 6) is 0.263. The van der Waals surface area contributed by atoms with Crippen LogP contribution in [0.2, 0.25) is 0 Å². The predicted molar refractivity (Wildman–Crippen MR) is 53.0 cm³/mol. The third-order valence-electron chi connectivity index (χ3n) is 2.12. The van der Waals surface area contributed by atoms with Crippen LogP contribution < -0.4 is 4.74 Å². The number of pyridine rings is 1. The second kappa shape index (κ2) is 3.25. The molecule has 0 aliphatic carbocycles. The Morgan fingerprint density at radius 1 is 1.29 bits per heavy atom. The van der Waals surface area contributed by atoms with Crippen molar-refractivity contribution >= 4 is 10.9 Å². The molecule has 0 saturated heterocycles. The van der Waals surface area contributed by atoms with Crippen LogP contribution in [-0.2, 0) is 0 Å². The molecule has 14 heavy (non-hydrogen) atoms. The molecule has 0 fully saturated rings. The lowest BCUT2D eigenvalue weighted by Crippen LogP contribution is -1.92. The summed E-state index contributed by atoms with van der Waals surface area (Å²) in [7, 11) is 1.56. The molecule has 0 spiro atoms. The highest BCUT2D eigenvalue weighted by Gasteiger charge is 2.03. The van der Waals surface area contributed by atoms with Crippen molar-refractivity contribution in [2.45, 2.75) is 6.92 Å². The third kappa shape index (κ3) is 1.41. The average Bonchev–Trinajstić information content (AvgIpc) is 2.17. The summed E-state index contributed by atoms with van der Waals surface area (Å²) in [4.78, 5) is 4.19. The second-order valence-electron chi connectivity index (χ2n) is 3.15. The van der Waals surface area contributed by atoms with Gasteiger partial charge >= 0.3 is 0 Å². The van der Waals surface area contributed by atoms with Crippen LogP contribution in [0.3, 0.4) is 0 Å². The summed E-state index contributed by atoms with van der Waals surface area (Å²) in [5, 5.41) is 0.921. The lowest BCUT2D eigenvalue weighted by molar-refractivity contribution is 0.396. The first-order chi connectivity index (χ1) is 6.70. The van der Waals surface area contributed by atoms with E-state index in [0.717, 1.165) is 10.9 Å². The van der Waals surface area contributed by atoms with E-state index in [1.807, 2.05) is 13.0 Å². The van der Waals surface area contributed by atoms with Crippen molar-refractivity contribution in [3.63, 3.8) is 0 Å². The highest BCUT2D eigenvalue weighted by molar-refractivity contribution is 5.80. The first-order valence-electron chi connectivity index (χ1n) is 4.31. The molecule has 2 nitrogen and oxygen atoms in total. The number of hydrogen-bond acceptors (Lipinski definition) is 2. The number of benzene rings is 1. The monoisotopic (exact) mass is 191 g/mol. The van der Waals surface area contributed by atoms with Gasteiger partial charge in [0.1, 0.15) is 5.82 Å². The van der Waals surface area contributed by atoms with E-state index in [9.17, 15) is 4.39 Å². The van der Waals surface area contributed by atoms with E-state index in [4.69, 9.17) is 4.74 Å². The van der Waals surface area contributed by atoms with Crippen molar-refractivity contribution in [1.29, 1.82) is 0 Å². The fourth-order valence-electron chi connectivity index (χ4n) is 1.43. The number of hydrogen-bond donors (Lipinski definition) is 0. The highest BCUT2D eigenvalue weighted by atomic mass is 19.1. The Kier molecular flexibility index (Phi) is 2.08.